The van der Waals surface area contributed by atoms with E-state index in [4.69, 9.17) is 0 Å². The molecule has 3 nitrogen and oxygen atoms in total. The maximum Gasteiger partial charge on any atom is 0.187 e. The van der Waals surface area contributed by atoms with Crippen LogP contribution in [0, 0.1) is 0 Å². The van der Waals surface area contributed by atoms with Crippen molar-refractivity contribution in [2.75, 3.05) is 18.8 Å². The predicted molar refractivity (Wildman–Crippen MR) is 96.7 cm³/mol. The minimum absolute atomic E-state index is 0.152. The molecule has 0 saturated carbocycles. The minimum atomic E-state index is -3.11. The summed E-state index contributed by atoms with van der Waals surface area (Å²) < 4.78 is 24.3. The Balaban J connectivity index is 1.80. The fourth-order valence-electron chi connectivity index (χ4n) is 3.05. The molecule has 5 heteroatoms. The highest BCUT2D eigenvalue weighted by Crippen LogP contribution is 2.32. The Kier molecular flexibility index (Phi) is 4.90. The summed E-state index contributed by atoms with van der Waals surface area (Å²) in [5, 5.41) is 0. The molecule has 0 radical (unpaired) electrons. The summed E-state index contributed by atoms with van der Waals surface area (Å²) in [7, 11) is -3.11. The Morgan fingerprint density at radius 1 is 1.09 bits per heavy atom. The molecule has 0 spiro atoms. The van der Waals surface area contributed by atoms with Gasteiger partial charge in [-0.2, -0.15) is 0 Å². The molecule has 0 amide bonds. The molecule has 3 rings (SSSR count). The fourth-order valence-corrected chi connectivity index (χ4v) is 5.48. The Morgan fingerprint density at radius 2 is 1.74 bits per heavy atom. The molecule has 0 unspecified atom stereocenters. The van der Waals surface area contributed by atoms with Gasteiger partial charge in [-0.05, 0) is 56.1 Å². The highest BCUT2D eigenvalue weighted by atomic mass is 32.2. The normalized spacial score (nSPS) is 17.5. The van der Waals surface area contributed by atoms with Crippen molar-refractivity contribution >= 4 is 21.2 Å². The molecule has 1 fully saturated rings. The van der Waals surface area contributed by atoms with Gasteiger partial charge in [0.1, 0.15) is 4.21 Å². The van der Waals surface area contributed by atoms with Crippen LogP contribution in [0.15, 0.2) is 40.6 Å². The van der Waals surface area contributed by atoms with Crippen molar-refractivity contribution < 1.29 is 8.42 Å². The largest absolute Gasteiger partial charge is 0.297 e. The van der Waals surface area contributed by atoms with Crippen LogP contribution in [0.5, 0.6) is 0 Å². The van der Waals surface area contributed by atoms with Crippen LogP contribution in [0.2, 0.25) is 0 Å². The first kappa shape index (κ1) is 16.7. The summed E-state index contributed by atoms with van der Waals surface area (Å²) in [5.74, 6) is 0.152. The number of likely N-dealkylation sites (tertiary alicyclic amines) is 1. The molecule has 124 valence electrons. The van der Waals surface area contributed by atoms with Gasteiger partial charge in [0.2, 0.25) is 0 Å². The molecule has 0 aliphatic carbocycles. The number of thiophene rings is 1. The highest BCUT2D eigenvalue weighted by Gasteiger charge is 2.19. The third-order valence-electron chi connectivity index (χ3n) is 4.63. The van der Waals surface area contributed by atoms with Crippen LogP contribution in [0.25, 0.3) is 10.4 Å². The van der Waals surface area contributed by atoms with Crippen LogP contribution in [-0.2, 0) is 9.84 Å². The van der Waals surface area contributed by atoms with E-state index in [0.717, 1.165) is 10.4 Å². The van der Waals surface area contributed by atoms with Gasteiger partial charge < -0.3 is 0 Å². The number of sulfone groups is 1. The summed E-state index contributed by atoms with van der Waals surface area (Å²) in [6.45, 7) is 6.32. The van der Waals surface area contributed by atoms with E-state index in [2.05, 4.69) is 36.1 Å². The third-order valence-corrected chi connectivity index (χ3v) is 8.08. The standard InChI is InChI=1S/C18H23NO2S2/c1-3-23(20,21)18-11-10-17(22-18)16-8-6-15(7-9-16)14(2)19-12-4-5-13-19/h6-11,14H,3-5,12-13H2,1-2H3/t14-/m1/s1. The Morgan fingerprint density at radius 3 is 2.35 bits per heavy atom. The molecule has 0 bridgehead atoms. The van der Waals surface area contributed by atoms with Crippen molar-refractivity contribution in [1.29, 1.82) is 0 Å². The van der Waals surface area contributed by atoms with Gasteiger partial charge in [-0.3, -0.25) is 4.90 Å². The van der Waals surface area contributed by atoms with Crippen LogP contribution >= 0.6 is 11.3 Å². The first-order chi connectivity index (χ1) is 11.0. The van der Waals surface area contributed by atoms with Gasteiger partial charge >= 0.3 is 0 Å². The molecule has 1 aromatic heterocycles. The fraction of sp³-hybridized carbons (Fsp3) is 0.444. The molecule has 0 N–H and O–H groups in total. The van der Waals surface area contributed by atoms with E-state index in [1.54, 1.807) is 13.0 Å². The van der Waals surface area contributed by atoms with Crippen LogP contribution in [0.4, 0.5) is 0 Å². The number of rotatable bonds is 5. The second-order valence-electron chi connectivity index (χ2n) is 6.06. The molecule has 2 heterocycles. The van der Waals surface area contributed by atoms with E-state index in [9.17, 15) is 8.42 Å². The second kappa shape index (κ2) is 6.75. The molecule has 1 aliphatic heterocycles. The second-order valence-corrected chi connectivity index (χ2v) is 9.65. The van der Waals surface area contributed by atoms with Gasteiger partial charge in [-0.15, -0.1) is 11.3 Å². The zero-order valence-electron chi connectivity index (χ0n) is 13.7. The Bertz CT molecular complexity index is 757. The van der Waals surface area contributed by atoms with Gasteiger partial charge in [0.25, 0.3) is 0 Å². The van der Waals surface area contributed by atoms with Gasteiger partial charge in [0.15, 0.2) is 9.84 Å². The van der Waals surface area contributed by atoms with Gasteiger partial charge in [-0.1, -0.05) is 31.2 Å². The average molecular weight is 350 g/mol. The van der Waals surface area contributed by atoms with Crippen molar-refractivity contribution in [2.45, 2.75) is 36.9 Å². The lowest BCUT2D eigenvalue weighted by Gasteiger charge is -2.24. The van der Waals surface area contributed by atoms with Gasteiger partial charge in [0, 0.05) is 10.9 Å². The number of nitrogens with zero attached hydrogens (tertiary/aromatic N) is 1. The van der Waals surface area contributed by atoms with Crippen molar-refractivity contribution in [3.05, 3.63) is 42.0 Å². The SMILES string of the molecule is CCS(=O)(=O)c1ccc(-c2ccc([C@@H](C)N3CCCC3)cc2)s1. The molecular formula is C18H23NO2S2. The van der Waals surface area contributed by atoms with Crippen LogP contribution in [-0.4, -0.2) is 32.2 Å². The van der Waals surface area contributed by atoms with Crippen LogP contribution < -0.4 is 0 Å². The summed E-state index contributed by atoms with van der Waals surface area (Å²) in [4.78, 5) is 3.53. The summed E-state index contributed by atoms with van der Waals surface area (Å²) in [6, 6.07) is 12.6. The Labute approximate surface area is 142 Å². The summed E-state index contributed by atoms with van der Waals surface area (Å²) >= 11 is 1.36. The minimum Gasteiger partial charge on any atom is -0.297 e. The summed E-state index contributed by atoms with van der Waals surface area (Å²) in [5.41, 5.74) is 2.42. The van der Waals surface area contributed by atoms with Crippen molar-refractivity contribution in [2.24, 2.45) is 0 Å². The van der Waals surface area contributed by atoms with Crippen molar-refractivity contribution in [3.8, 4) is 10.4 Å². The number of hydrogen-bond acceptors (Lipinski definition) is 4. The van der Waals surface area contributed by atoms with E-state index < -0.39 is 9.84 Å². The maximum absolute atomic E-state index is 11.9. The highest BCUT2D eigenvalue weighted by molar-refractivity contribution is 7.93. The van der Waals surface area contributed by atoms with E-state index in [0.29, 0.717) is 10.3 Å². The molecule has 1 atom stereocenters. The lowest BCUT2D eigenvalue weighted by Crippen LogP contribution is -2.23. The molecule has 1 saturated heterocycles. The smallest absolute Gasteiger partial charge is 0.187 e. The molecular weight excluding hydrogens is 326 g/mol. The monoisotopic (exact) mass is 349 g/mol. The van der Waals surface area contributed by atoms with Crippen molar-refractivity contribution in [1.82, 2.24) is 4.90 Å². The topological polar surface area (TPSA) is 37.4 Å². The first-order valence-electron chi connectivity index (χ1n) is 8.18. The molecule has 1 aliphatic rings. The Hall–Kier alpha value is -1.17. The van der Waals surface area contributed by atoms with E-state index in [1.807, 2.05) is 6.07 Å². The summed E-state index contributed by atoms with van der Waals surface area (Å²) in [6.07, 6.45) is 2.60. The average Bonchev–Trinajstić information content (AvgIpc) is 3.26. The quantitative estimate of drug-likeness (QED) is 0.804. The van der Waals surface area contributed by atoms with Crippen LogP contribution in [0.1, 0.15) is 38.3 Å². The third kappa shape index (κ3) is 3.52. The van der Waals surface area contributed by atoms with E-state index >= 15 is 0 Å². The molecule has 1 aromatic carbocycles. The van der Waals surface area contributed by atoms with E-state index in [1.165, 1.54) is 42.8 Å². The van der Waals surface area contributed by atoms with Gasteiger partial charge in [-0.25, -0.2) is 8.42 Å². The zero-order chi connectivity index (χ0) is 16.4. The lowest BCUT2D eigenvalue weighted by atomic mass is 10.0. The maximum atomic E-state index is 11.9. The zero-order valence-corrected chi connectivity index (χ0v) is 15.3. The van der Waals surface area contributed by atoms with Crippen molar-refractivity contribution in [3.63, 3.8) is 0 Å². The predicted octanol–water partition coefficient (Wildman–Crippen LogP) is 4.37. The number of hydrogen-bond donors (Lipinski definition) is 0. The first-order valence-corrected chi connectivity index (χ1v) is 10.6. The van der Waals surface area contributed by atoms with Crippen LogP contribution in [0.3, 0.4) is 0 Å². The lowest BCUT2D eigenvalue weighted by molar-refractivity contribution is 0.263. The molecule has 23 heavy (non-hydrogen) atoms. The number of benzene rings is 1. The molecule has 2 aromatic rings. The van der Waals surface area contributed by atoms with E-state index in [-0.39, 0.29) is 5.75 Å². The van der Waals surface area contributed by atoms with Gasteiger partial charge in [0.05, 0.1) is 5.75 Å².